The summed E-state index contributed by atoms with van der Waals surface area (Å²) >= 11 is 9.62. The van der Waals surface area contributed by atoms with Crippen LogP contribution >= 0.6 is 27.5 Å². The monoisotopic (exact) mass is 393 g/mol. The minimum atomic E-state index is -0.00208. The summed E-state index contributed by atoms with van der Waals surface area (Å²) in [5, 5.41) is 3.46. The summed E-state index contributed by atoms with van der Waals surface area (Å²) in [4.78, 5) is 12.5. The lowest BCUT2D eigenvalue weighted by atomic mass is 10.1. The maximum Gasteiger partial charge on any atom is 0.228 e. The Bertz CT molecular complexity index is 735. The molecule has 2 aromatic carbocycles. The van der Waals surface area contributed by atoms with E-state index in [0.717, 1.165) is 10.9 Å². The molecular formula is C18H17BrClNO2. The van der Waals surface area contributed by atoms with Crippen LogP contribution < -0.4 is 10.1 Å². The molecule has 0 radical (unpaired) electrons. The van der Waals surface area contributed by atoms with E-state index < -0.39 is 0 Å². The van der Waals surface area contributed by atoms with E-state index in [2.05, 4.69) is 33.4 Å². The molecule has 0 saturated heterocycles. The summed E-state index contributed by atoms with van der Waals surface area (Å²) in [5.41, 5.74) is 1.82. The summed E-state index contributed by atoms with van der Waals surface area (Å²) < 4.78 is 6.58. The first kappa shape index (κ1) is 16.3. The fourth-order valence-corrected chi connectivity index (χ4v) is 3.36. The van der Waals surface area contributed by atoms with Crippen molar-refractivity contribution < 1.29 is 9.53 Å². The lowest BCUT2D eigenvalue weighted by Crippen LogP contribution is -2.15. The molecule has 2 aromatic rings. The van der Waals surface area contributed by atoms with Crippen LogP contribution in [0, 0.1) is 5.92 Å². The second-order valence-electron chi connectivity index (χ2n) is 5.54. The van der Waals surface area contributed by atoms with Gasteiger partial charge in [-0.15, -0.1) is 0 Å². The number of halogens is 2. The summed E-state index contributed by atoms with van der Waals surface area (Å²) in [6.07, 6.45) is 0.868. The van der Waals surface area contributed by atoms with E-state index in [4.69, 9.17) is 16.3 Å². The first-order valence-electron chi connectivity index (χ1n) is 7.57. The maximum atomic E-state index is 12.5. The standard InChI is InChI=1S/C18H17BrClNO2/c1-2-23-17-15(20)7-4-8-16(17)21-18(22)14-10-13(14)11-5-3-6-12(19)9-11/h3-9,13-14H,2,10H2,1H3,(H,21,22). The van der Waals surface area contributed by atoms with E-state index in [1.807, 2.05) is 25.1 Å². The molecule has 2 unspecified atom stereocenters. The summed E-state index contributed by atoms with van der Waals surface area (Å²) in [6, 6.07) is 13.5. The third-order valence-electron chi connectivity index (χ3n) is 3.92. The van der Waals surface area contributed by atoms with Crippen molar-refractivity contribution in [3.8, 4) is 5.75 Å². The molecule has 0 heterocycles. The van der Waals surface area contributed by atoms with Gasteiger partial charge in [0.1, 0.15) is 0 Å². The minimum absolute atomic E-state index is 0.00208. The van der Waals surface area contributed by atoms with Gasteiger partial charge in [-0.25, -0.2) is 0 Å². The molecular weight excluding hydrogens is 378 g/mol. The number of ether oxygens (including phenoxy) is 1. The highest BCUT2D eigenvalue weighted by atomic mass is 79.9. The van der Waals surface area contributed by atoms with Gasteiger partial charge in [0.25, 0.3) is 0 Å². The normalized spacial score (nSPS) is 19.3. The number of carbonyl (C=O) groups is 1. The fourth-order valence-electron chi connectivity index (χ4n) is 2.71. The predicted octanol–water partition coefficient (Wildman–Crippen LogP) is 5.24. The Hall–Kier alpha value is -1.52. The van der Waals surface area contributed by atoms with Crippen molar-refractivity contribution in [1.82, 2.24) is 0 Å². The molecule has 3 nitrogen and oxygen atoms in total. The van der Waals surface area contributed by atoms with Crippen LogP contribution in [0.5, 0.6) is 5.75 Å². The van der Waals surface area contributed by atoms with Crippen LogP contribution in [-0.4, -0.2) is 12.5 Å². The van der Waals surface area contributed by atoms with Crippen molar-refractivity contribution >= 4 is 39.1 Å². The first-order chi connectivity index (χ1) is 11.1. The second-order valence-corrected chi connectivity index (χ2v) is 6.87. The zero-order valence-corrected chi connectivity index (χ0v) is 15.0. The average molecular weight is 395 g/mol. The number of carbonyl (C=O) groups excluding carboxylic acids is 1. The molecule has 120 valence electrons. The smallest absolute Gasteiger partial charge is 0.228 e. The third kappa shape index (κ3) is 3.70. The zero-order chi connectivity index (χ0) is 16.4. The molecule has 0 bridgehead atoms. The number of hydrogen-bond acceptors (Lipinski definition) is 2. The van der Waals surface area contributed by atoms with Crippen molar-refractivity contribution in [2.75, 3.05) is 11.9 Å². The first-order valence-corrected chi connectivity index (χ1v) is 8.75. The third-order valence-corrected chi connectivity index (χ3v) is 4.71. The van der Waals surface area contributed by atoms with Crippen molar-refractivity contribution in [1.29, 1.82) is 0 Å². The Kier molecular flexibility index (Phi) is 4.93. The molecule has 2 atom stereocenters. The lowest BCUT2D eigenvalue weighted by molar-refractivity contribution is -0.117. The molecule has 1 fully saturated rings. The number of amides is 1. The van der Waals surface area contributed by atoms with Gasteiger partial charge in [0.05, 0.1) is 17.3 Å². The highest BCUT2D eigenvalue weighted by Gasteiger charge is 2.44. The Morgan fingerprint density at radius 1 is 1.35 bits per heavy atom. The molecule has 3 rings (SSSR count). The zero-order valence-electron chi connectivity index (χ0n) is 12.7. The second kappa shape index (κ2) is 6.93. The fraction of sp³-hybridized carbons (Fsp3) is 0.278. The number of benzene rings is 2. The molecule has 1 aliphatic rings. The van der Waals surface area contributed by atoms with Gasteiger partial charge < -0.3 is 10.1 Å². The van der Waals surface area contributed by atoms with E-state index in [0.29, 0.717) is 23.1 Å². The van der Waals surface area contributed by atoms with Crippen LogP contribution in [0.1, 0.15) is 24.8 Å². The van der Waals surface area contributed by atoms with E-state index >= 15 is 0 Å². The molecule has 0 aliphatic heterocycles. The molecule has 23 heavy (non-hydrogen) atoms. The van der Waals surface area contributed by atoms with E-state index in [9.17, 15) is 4.79 Å². The van der Waals surface area contributed by atoms with Gasteiger partial charge in [-0.2, -0.15) is 0 Å². The molecule has 1 amide bonds. The van der Waals surface area contributed by atoms with Crippen molar-refractivity contribution in [3.63, 3.8) is 0 Å². The summed E-state index contributed by atoms with van der Waals surface area (Å²) in [7, 11) is 0. The Morgan fingerprint density at radius 2 is 2.13 bits per heavy atom. The Morgan fingerprint density at radius 3 is 2.87 bits per heavy atom. The topological polar surface area (TPSA) is 38.3 Å². The number of rotatable bonds is 5. The van der Waals surface area contributed by atoms with Crippen LogP contribution in [0.15, 0.2) is 46.9 Å². The quantitative estimate of drug-likeness (QED) is 0.753. The van der Waals surface area contributed by atoms with Gasteiger partial charge >= 0.3 is 0 Å². The van der Waals surface area contributed by atoms with Gasteiger partial charge in [-0.1, -0.05) is 45.7 Å². The highest BCUT2D eigenvalue weighted by molar-refractivity contribution is 9.10. The number of anilines is 1. The molecule has 0 spiro atoms. The Labute approximate surface area is 149 Å². The van der Waals surface area contributed by atoms with Gasteiger partial charge in [-0.05, 0) is 49.1 Å². The number of para-hydroxylation sites is 1. The number of hydrogen-bond donors (Lipinski definition) is 1. The van der Waals surface area contributed by atoms with E-state index in [1.165, 1.54) is 5.56 Å². The largest absolute Gasteiger partial charge is 0.490 e. The Balaban J connectivity index is 1.71. The van der Waals surface area contributed by atoms with Gasteiger partial charge in [0, 0.05) is 10.4 Å². The van der Waals surface area contributed by atoms with Crippen LogP contribution in [0.2, 0.25) is 5.02 Å². The van der Waals surface area contributed by atoms with Gasteiger partial charge in [-0.3, -0.25) is 4.79 Å². The van der Waals surface area contributed by atoms with Crippen LogP contribution in [0.25, 0.3) is 0 Å². The van der Waals surface area contributed by atoms with Crippen molar-refractivity contribution in [3.05, 3.63) is 57.5 Å². The summed E-state index contributed by atoms with van der Waals surface area (Å²) in [6.45, 7) is 2.38. The van der Waals surface area contributed by atoms with Crippen LogP contribution in [-0.2, 0) is 4.79 Å². The molecule has 1 N–H and O–H groups in total. The number of nitrogens with one attached hydrogen (secondary N) is 1. The maximum absolute atomic E-state index is 12.5. The van der Waals surface area contributed by atoms with Crippen molar-refractivity contribution in [2.45, 2.75) is 19.3 Å². The van der Waals surface area contributed by atoms with Crippen LogP contribution in [0.3, 0.4) is 0 Å². The van der Waals surface area contributed by atoms with E-state index in [1.54, 1.807) is 12.1 Å². The highest BCUT2D eigenvalue weighted by Crippen LogP contribution is 2.48. The summed E-state index contributed by atoms with van der Waals surface area (Å²) in [5.74, 6) is 0.822. The van der Waals surface area contributed by atoms with E-state index in [-0.39, 0.29) is 17.7 Å². The predicted molar refractivity (Wildman–Crippen MR) is 96.2 cm³/mol. The lowest BCUT2D eigenvalue weighted by Gasteiger charge is -2.13. The molecule has 5 heteroatoms. The SMILES string of the molecule is CCOc1c(Cl)cccc1NC(=O)C1CC1c1cccc(Br)c1. The average Bonchev–Trinajstić information content (AvgIpc) is 3.31. The minimum Gasteiger partial charge on any atom is -0.490 e. The van der Waals surface area contributed by atoms with Gasteiger partial charge in [0.15, 0.2) is 5.75 Å². The van der Waals surface area contributed by atoms with Gasteiger partial charge in [0.2, 0.25) is 5.91 Å². The molecule has 1 saturated carbocycles. The molecule has 1 aliphatic carbocycles. The van der Waals surface area contributed by atoms with Crippen molar-refractivity contribution in [2.24, 2.45) is 5.92 Å². The molecule has 0 aromatic heterocycles. The van der Waals surface area contributed by atoms with Crippen LogP contribution in [0.4, 0.5) is 5.69 Å².